The summed E-state index contributed by atoms with van der Waals surface area (Å²) in [5, 5.41) is 0.655. The molecule has 0 saturated carbocycles. The van der Waals surface area contributed by atoms with Gasteiger partial charge in [-0.05, 0) is 42.8 Å². The molecule has 0 spiro atoms. The van der Waals surface area contributed by atoms with Crippen LogP contribution in [0.4, 0.5) is 10.5 Å². The van der Waals surface area contributed by atoms with Crippen LogP contribution < -0.4 is 4.90 Å². The summed E-state index contributed by atoms with van der Waals surface area (Å²) < 4.78 is 0. The lowest BCUT2D eigenvalue weighted by molar-refractivity contribution is 0.221. The van der Waals surface area contributed by atoms with E-state index in [9.17, 15) is 4.79 Å². The Morgan fingerprint density at radius 3 is 2.27 bits per heavy atom. The molecule has 0 atom stereocenters. The molecule has 1 aliphatic rings. The Labute approximate surface area is 135 Å². The molecular formula is C18H17ClN2O. The number of halogens is 1. The maximum atomic E-state index is 12.6. The highest BCUT2D eigenvalue weighted by Gasteiger charge is 2.27. The number of aryl methyl sites for hydroxylation is 1. The maximum Gasteiger partial charge on any atom is 0.329 e. The summed E-state index contributed by atoms with van der Waals surface area (Å²) in [6, 6.07) is 15.5. The lowest BCUT2D eigenvalue weighted by Crippen LogP contribution is -2.44. The van der Waals surface area contributed by atoms with Gasteiger partial charge in [-0.1, -0.05) is 41.4 Å². The molecule has 0 radical (unpaired) electrons. The van der Waals surface area contributed by atoms with E-state index in [2.05, 4.69) is 25.1 Å². The van der Waals surface area contributed by atoms with E-state index in [1.54, 1.807) is 29.0 Å². The predicted octanol–water partition coefficient (Wildman–Crippen LogP) is 4.56. The van der Waals surface area contributed by atoms with Crippen molar-refractivity contribution in [1.82, 2.24) is 4.90 Å². The number of benzene rings is 2. The summed E-state index contributed by atoms with van der Waals surface area (Å²) in [6.07, 6.45) is 2.07. The normalized spacial score (nSPS) is 15.0. The monoisotopic (exact) mass is 312 g/mol. The molecule has 2 aromatic rings. The van der Waals surface area contributed by atoms with Gasteiger partial charge in [0.25, 0.3) is 0 Å². The Bertz CT molecular complexity index is 720. The molecule has 3 rings (SSSR count). The fraction of sp³-hybridized carbons (Fsp3) is 0.167. The Morgan fingerprint density at radius 2 is 1.64 bits per heavy atom. The third-order valence-corrected chi connectivity index (χ3v) is 4.00. The van der Waals surface area contributed by atoms with Gasteiger partial charge in [-0.15, -0.1) is 0 Å². The minimum absolute atomic E-state index is 0.0413. The van der Waals surface area contributed by atoms with Gasteiger partial charge in [-0.25, -0.2) is 4.79 Å². The third kappa shape index (κ3) is 2.72. The minimum atomic E-state index is -0.0413. The Hall–Kier alpha value is -2.26. The van der Waals surface area contributed by atoms with Crippen molar-refractivity contribution in [2.24, 2.45) is 0 Å². The first kappa shape index (κ1) is 14.7. The average molecular weight is 313 g/mol. The summed E-state index contributed by atoms with van der Waals surface area (Å²) >= 11 is 5.96. The van der Waals surface area contributed by atoms with Crippen LogP contribution in [0.15, 0.2) is 54.6 Å². The third-order valence-electron chi connectivity index (χ3n) is 3.75. The van der Waals surface area contributed by atoms with E-state index in [1.807, 2.05) is 24.3 Å². The minimum Gasteiger partial charge on any atom is -0.323 e. The van der Waals surface area contributed by atoms with Gasteiger partial charge >= 0.3 is 6.03 Å². The van der Waals surface area contributed by atoms with E-state index in [4.69, 9.17) is 11.6 Å². The van der Waals surface area contributed by atoms with Crippen molar-refractivity contribution in [2.45, 2.75) is 6.92 Å². The summed E-state index contributed by atoms with van der Waals surface area (Å²) in [4.78, 5) is 16.1. The molecule has 0 bridgehead atoms. The number of hydrogen-bond donors (Lipinski definition) is 0. The molecule has 4 heteroatoms. The maximum absolute atomic E-state index is 12.6. The first-order valence-corrected chi connectivity index (χ1v) is 7.52. The molecule has 1 heterocycles. The van der Waals surface area contributed by atoms with Crippen LogP contribution >= 0.6 is 11.6 Å². The van der Waals surface area contributed by atoms with Crippen molar-refractivity contribution in [3.8, 4) is 0 Å². The van der Waals surface area contributed by atoms with Crippen molar-refractivity contribution >= 4 is 29.0 Å². The van der Waals surface area contributed by atoms with Crippen LogP contribution in [0.1, 0.15) is 11.1 Å². The van der Waals surface area contributed by atoms with Crippen molar-refractivity contribution in [3.05, 3.63) is 70.8 Å². The zero-order chi connectivity index (χ0) is 15.7. The zero-order valence-electron chi connectivity index (χ0n) is 12.6. The fourth-order valence-electron chi connectivity index (χ4n) is 2.48. The first-order valence-electron chi connectivity index (χ1n) is 7.14. The van der Waals surface area contributed by atoms with Gasteiger partial charge in [-0.2, -0.15) is 0 Å². The molecule has 0 N–H and O–H groups in total. The lowest BCUT2D eigenvalue weighted by Gasteiger charge is -2.34. The summed E-state index contributed by atoms with van der Waals surface area (Å²) in [5.74, 6) is 0. The second-order valence-corrected chi connectivity index (χ2v) is 5.87. The molecular weight excluding hydrogens is 296 g/mol. The number of nitrogens with zero attached hydrogens (tertiary/aromatic N) is 2. The number of urea groups is 1. The number of amides is 2. The van der Waals surface area contributed by atoms with E-state index < -0.39 is 0 Å². The topological polar surface area (TPSA) is 23.6 Å². The predicted molar refractivity (Wildman–Crippen MR) is 91.1 cm³/mol. The number of rotatable bonds is 2. The molecule has 0 aromatic heterocycles. The van der Waals surface area contributed by atoms with Gasteiger partial charge in [0.05, 0.1) is 11.4 Å². The number of hydrogen-bond acceptors (Lipinski definition) is 1. The molecule has 112 valence electrons. The highest BCUT2D eigenvalue weighted by molar-refractivity contribution is 6.30. The van der Waals surface area contributed by atoms with E-state index in [1.165, 1.54) is 5.56 Å². The van der Waals surface area contributed by atoms with Crippen molar-refractivity contribution in [2.75, 3.05) is 18.5 Å². The van der Waals surface area contributed by atoms with Gasteiger partial charge < -0.3 is 4.90 Å². The average Bonchev–Trinajstić information content (AvgIpc) is 2.52. The van der Waals surface area contributed by atoms with Gasteiger partial charge in [0, 0.05) is 18.6 Å². The van der Waals surface area contributed by atoms with Gasteiger partial charge in [0.15, 0.2) is 0 Å². The second kappa shape index (κ2) is 5.85. The second-order valence-electron chi connectivity index (χ2n) is 5.43. The van der Waals surface area contributed by atoms with E-state index in [-0.39, 0.29) is 6.03 Å². The Morgan fingerprint density at radius 1 is 1.00 bits per heavy atom. The Kier molecular flexibility index (Phi) is 3.90. The molecule has 0 fully saturated rings. The standard InChI is InChI=1S/C18H17ClN2O/c1-13-3-5-14(6-4-13)17-11-12-20(2)18(22)21(17)16-9-7-15(19)8-10-16/h3-11H,12H2,1-2H3. The largest absolute Gasteiger partial charge is 0.329 e. The molecule has 1 aliphatic heterocycles. The van der Waals surface area contributed by atoms with Crippen molar-refractivity contribution in [3.63, 3.8) is 0 Å². The van der Waals surface area contributed by atoms with Gasteiger partial charge in [-0.3, -0.25) is 4.90 Å². The van der Waals surface area contributed by atoms with Crippen LogP contribution in [-0.2, 0) is 0 Å². The van der Waals surface area contributed by atoms with Crippen molar-refractivity contribution in [1.29, 1.82) is 0 Å². The summed E-state index contributed by atoms with van der Waals surface area (Å²) in [6.45, 7) is 2.65. The van der Waals surface area contributed by atoms with Crippen LogP contribution in [-0.4, -0.2) is 24.5 Å². The van der Waals surface area contributed by atoms with Crippen LogP contribution in [0, 0.1) is 6.92 Å². The number of carbonyl (C=O) groups is 1. The lowest BCUT2D eigenvalue weighted by atomic mass is 10.1. The molecule has 3 nitrogen and oxygen atoms in total. The zero-order valence-corrected chi connectivity index (χ0v) is 13.3. The quantitative estimate of drug-likeness (QED) is 0.797. The number of likely N-dealkylation sites (N-methyl/N-ethyl adjacent to an activating group) is 1. The van der Waals surface area contributed by atoms with Crippen LogP contribution in [0.5, 0.6) is 0 Å². The highest BCUT2D eigenvalue weighted by atomic mass is 35.5. The van der Waals surface area contributed by atoms with Crippen molar-refractivity contribution < 1.29 is 4.79 Å². The molecule has 0 saturated heterocycles. The fourth-order valence-corrected chi connectivity index (χ4v) is 2.60. The van der Waals surface area contributed by atoms with Crippen LogP contribution in [0.25, 0.3) is 5.70 Å². The summed E-state index contributed by atoms with van der Waals surface area (Å²) in [5.41, 5.74) is 3.95. The molecule has 2 aromatic carbocycles. The van der Waals surface area contributed by atoms with E-state index in [0.717, 1.165) is 16.9 Å². The van der Waals surface area contributed by atoms with E-state index >= 15 is 0 Å². The SMILES string of the molecule is Cc1ccc(C2=CCN(C)C(=O)N2c2ccc(Cl)cc2)cc1. The van der Waals surface area contributed by atoms with Gasteiger partial charge in [0.2, 0.25) is 0 Å². The number of anilines is 1. The molecule has 0 unspecified atom stereocenters. The first-order chi connectivity index (χ1) is 10.6. The molecule has 0 aliphatic carbocycles. The smallest absolute Gasteiger partial charge is 0.323 e. The van der Waals surface area contributed by atoms with Crippen LogP contribution in [0.2, 0.25) is 5.02 Å². The Balaban J connectivity index is 2.07. The van der Waals surface area contributed by atoms with Crippen LogP contribution in [0.3, 0.4) is 0 Å². The highest BCUT2D eigenvalue weighted by Crippen LogP contribution is 2.31. The number of carbonyl (C=O) groups excluding carboxylic acids is 1. The molecule has 2 amide bonds. The van der Waals surface area contributed by atoms with E-state index in [0.29, 0.717) is 11.6 Å². The summed E-state index contributed by atoms with van der Waals surface area (Å²) in [7, 11) is 1.80. The molecule has 22 heavy (non-hydrogen) atoms. The van der Waals surface area contributed by atoms with Gasteiger partial charge in [0.1, 0.15) is 0 Å².